The molecule has 1 aromatic heterocycles. The predicted molar refractivity (Wildman–Crippen MR) is 72.5 cm³/mol. The zero-order valence-electron chi connectivity index (χ0n) is 9.67. The van der Waals surface area contributed by atoms with E-state index >= 15 is 0 Å². The molecule has 0 saturated heterocycles. The Hall–Kier alpha value is -0.800. The Morgan fingerprint density at radius 1 is 1.50 bits per heavy atom. The first-order valence-corrected chi connectivity index (χ1v) is 6.61. The van der Waals surface area contributed by atoms with Gasteiger partial charge >= 0.3 is 0 Å². The first kappa shape index (κ1) is 11.7. The number of benzene rings is 1. The Balaban J connectivity index is 2.86. The molecule has 0 saturated carbocycles. The Morgan fingerprint density at radius 3 is 2.75 bits per heavy atom. The summed E-state index contributed by atoms with van der Waals surface area (Å²) >= 11 is 7.75. The number of hydrogen-bond acceptors (Lipinski definition) is 3. The van der Waals surface area contributed by atoms with Gasteiger partial charge < -0.3 is 5.73 Å². The molecular weight excluding hydrogens is 240 g/mol. The number of rotatable bonds is 2. The van der Waals surface area contributed by atoms with Gasteiger partial charge in [0.15, 0.2) is 5.13 Å². The van der Waals surface area contributed by atoms with Gasteiger partial charge in [0.05, 0.1) is 9.72 Å². The molecule has 0 aliphatic carbocycles. The van der Waals surface area contributed by atoms with Crippen LogP contribution < -0.4 is 5.73 Å². The summed E-state index contributed by atoms with van der Waals surface area (Å²) in [7, 11) is 0. The molecule has 1 aromatic carbocycles. The number of aromatic nitrogens is 1. The van der Waals surface area contributed by atoms with Gasteiger partial charge in [-0.2, -0.15) is 0 Å². The summed E-state index contributed by atoms with van der Waals surface area (Å²) in [6.07, 6.45) is 0.987. The van der Waals surface area contributed by atoms with Crippen molar-refractivity contribution in [2.45, 2.75) is 33.1 Å². The van der Waals surface area contributed by atoms with Crippen LogP contribution in [0.2, 0.25) is 5.02 Å². The van der Waals surface area contributed by atoms with Crippen molar-refractivity contribution in [3.05, 3.63) is 22.2 Å². The van der Waals surface area contributed by atoms with E-state index in [4.69, 9.17) is 17.3 Å². The van der Waals surface area contributed by atoms with Crippen molar-refractivity contribution in [2.75, 3.05) is 5.73 Å². The number of nitrogen functional groups attached to an aromatic ring is 1. The number of thiazole rings is 1. The highest BCUT2D eigenvalue weighted by Gasteiger charge is 2.16. The molecular formula is C12H15ClN2S. The van der Waals surface area contributed by atoms with Crippen LogP contribution in [0.15, 0.2) is 6.07 Å². The van der Waals surface area contributed by atoms with Crippen molar-refractivity contribution in [3.8, 4) is 0 Å². The molecule has 0 radical (unpaired) electrons. The van der Waals surface area contributed by atoms with E-state index in [1.165, 1.54) is 22.5 Å². The topological polar surface area (TPSA) is 38.9 Å². The van der Waals surface area contributed by atoms with Crippen molar-refractivity contribution in [1.82, 2.24) is 4.98 Å². The number of hydrogen-bond donors (Lipinski definition) is 1. The Kier molecular flexibility index (Phi) is 3.08. The van der Waals surface area contributed by atoms with Crippen molar-refractivity contribution in [1.29, 1.82) is 0 Å². The van der Waals surface area contributed by atoms with Gasteiger partial charge in [-0.15, -0.1) is 0 Å². The van der Waals surface area contributed by atoms with E-state index in [1.54, 1.807) is 0 Å². The number of nitrogens with zero attached hydrogens (tertiary/aromatic N) is 1. The SMILES string of the molecule is CCc1cc(Cl)c2nc(N)sc2c1C(C)C. The van der Waals surface area contributed by atoms with Crippen LogP contribution in [0.5, 0.6) is 0 Å². The lowest BCUT2D eigenvalue weighted by Crippen LogP contribution is -1.96. The van der Waals surface area contributed by atoms with Crippen LogP contribution in [0.25, 0.3) is 10.2 Å². The molecule has 0 amide bonds. The summed E-state index contributed by atoms with van der Waals surface area (Å²) in [6.45, 7) is 6.53. The molecule has 0 bridgehead atoms. The molecule has 2 aromatic rings. The van der Waals surface area contributed by atoms with E-state index in [9.17, 15) is 0 Å². The van der Waals surface area contributed by atoms with E-state index in [2.05, 4.69) is 25.8 Å². The summed E-state index contributed by atoms with van der Waals surface area (Å²) < 4.78 is 1.15. The average molecular weight is 255 g/mol. The number of anilines is 1. The molecule has 0 unspecified atom stereocenters. The fourth-order valence-corrected chi connectivity index (χ4v) is 3.45. The molecule has 4 heteroatoms. The highest BCUT2D eigenvalue weighted by atomic mass is 35.5. The van der Waals surface area contributed by atoms with Crippen LogP contribution in [-0.2, 0) is 6.42 Å². The van der Waals surface area contributed by atoms with Crippen LogP contribution in [-0.4, -0.2) is 4.98 Å². The maximum Gasteiger partial charge on any atom is 0.181 e. The molecule has 0 aliphatic heterocycles. The van der Waals surface area contributed by atoms with Gasteiger partial charge in [-0.25, -0.2) is 4.98 Å². The van der Waals surface area contributed by atoms with E-state index < -0.39 is 0 Å². The van der Waals surface area contributed by atoms with Gasteiger partial charge in [0.2, 0.25) is 0 Å². The zero-order valence-corrected chi connectivity index (χ0v) is 11.2. The van der Waals surface area contributed by atoms with Crippen molar-refractivity contribution in [2.24, 2.45) is 0 Å². The monoisotopic (exact) mass is 254 g/mol. The third-order valence-corrected chi connectivity index (χ3v) is 3.93. The predicted octanol–water partition coefficient (Wildman–Crippen LogP) is 4.22. The van der Waals surface area contributed by atoms with Crippen LogP contribution >= 0.6 is 22.9 Å². The smallest absolute Gasteiger partial charge is 0.181 e. The number of nitrogens with two attached hydrogens (primary N) is 1. The maximum absolute atomic E-state index is 6.22. The lowest BCUT2D eigenvalue weighted by molar-refractivity contribution is 0.856. The minimum Gasteiger partial charge on any atom is -0.375 e. The minimum atomic E-state index is 0.467. The summed E-state index contributed by atoms with van der Waals surface area (Å²) in [6, 6.07) is 2.03. The van der Waals surface area contributed by atoms with Gasteiger partial charge in [-0.3, -0.25) is 0 Å². The molecule has 0 aliphatic rings. The van der Waals surface area contributed by atoms with Crippen LogP contribution in [0, 0.1) is 0 Å². The number of aryl methyl sites for hydroxylation is 1. The quantitative estimate of drug-likeness (QED) is 0.872. The highest BCUT2D eigenvalue weighted by molar-refractivity contribution is 7.22. The zero-order chi connectivity index (χ0) is 11.9. The van der Waals surface area contributed by atoms with E-state index in [1.807, 2.05) is 6.07 Å². The molecule has 0 fully saturated rings. The van der Waals surface area contributed by atoms with Crippen molar-refractivity contribution < 1.29 is 0 Å². The summed E-state index contributed by atoms with van der Waals surface area (Å²) in [5.41, 5.74) is 9.27. The lowest BCUT2D eigenvalue weighted by Gasteiger charge is -2.13. The van der Waals surface area contributed by atoms with E-state index in [0.717, 1.165) is 16.6 Å². The largest absolute Gasteiger partial charge is 0.375 e. The second-order valence-electron chi connectivity index (χ2n) is 4.17. The first-order chi connectivity index (χ1) is 7.54. The standard InChI is InChI=1S/C12H15ClN2S/c1-4-7-5-8(13)10-11(9(7)6(2)3)16-12(14)15-10/h5-6H,4H2,1-3H3,(H2,14,15). The molecule has 2 rings (SSSR count). The van der Waals surface area contributed by atoms with Crippen molar-refractivity contribution >= 4 is 38.3 Å². The highest BCUT2D eigenvalue weighted by Crippen LogP contribution is 2.38. The molecule has 1 heterocycles. The lowest BCUT2D eigenvalue weighted by atomic mass is 9.95. The third kappa shape index (κ3) is 1.78. The van der Waals surface area contributed by atoms with E-state index in [-0.39, 0.29) is 0 Å². The summed E-state index contributed by atoms with van der Waals surface area (Å²) in [5, 5.41) is 1.30. The molecule has 2 N–H and O–H groups in total. The molecule has 86 valence electrons. The second-order valence-corrected chi connectivity index (χ2v) is 5.61. The maximum atomic E-state index is 6.22. The third-order valence-electron chi connectivity index (χ3n) is 2.72. The van der Waals surface area contributed by atoms with Gasteiger partial charge in [0.1, 0.15) is 5.52 Å². The molecule has 16 heavy (non-hydrogen) atoms. The molecule has 0 atom stereocenters. The Morgan fingerprint density at radius 2 is 2.19 bits per heavy atom. The second kappa shape index (κ2) is 4.22. The fourth-order valence-electron chi connectivity index (χ4n) is 2.05. The van der Waals surface area contributed by atoms with E-state index in [0.29, 0.717) is 16.1 Å². The van der Waals surface area contributed by atoms with Crippen LogP contribution in [0.3, 0.4) is 0 Å². The summed E-state index contributed by atoms with van der Waals surface area (Å²) in [5.74, 6) is 0.467. The van der Waals surface area contributed by atoms with Gasteiger partial charge in [-0.05, 0) is 29.5 Å². The van der Waals surface area contributed by atoms with Gasteiger partial charge in [0.25, 0.3) is 0 Å². The molecule has 2 nitrogen and oxygen atoms in total. The van der Waals surface area contributed by atoms with Gasteiger partial charge in [0, 0.05) is 0 Å². The number of fused-ring (bicyclic) bond motifs is 1. The number of halogens is 1. The van der Waals surface area contributed by atoms with Crippen molar-refractivity contribution in [3.63, 3.8) is 0 Å². The summed E-state index contributed by atoms with van der Waals surface area (Å²) in [4.78, 5) is 4.30. The normalized spacial score (nSPS) is 11.6. The fraction of sp³-hybridized carbons (Fsp3) is 0.417. The Bertz CT molecular complexity index is 531. The molecule has 0 spiro atoms. The van der Waals surface area contributed by atoms with Crippen LogP contribution in [0.4, 0.5) is 5.13 Å². The first-order valence-electron chi connectivity index (χ1n) is 5.41. The minimum absolute atomic E-state index is 0.467. The Labute approximate surface area is 104 Å². The van der Waals surface area contributed by atoms with Crippen LogP contribution in [0.1, 0.15) is 37.8 Å². The van der Waals surface area contributed by atoms with Gasteiger partial charge in [-0.1, -0.05) is 43.7 Å². The average Bonchev–Trinajstić information content (AvgIpc) is 2.58.